The average molecular weight is 251 g/mol. The molecule has 0 atom stereocenters. The highest BCUT2D eigenvalue weighted by Crippen LogP contribution is 2.30. The van der Waals surface area contributed by atoms with Gasteiger partial charge in [0.15, 0.2) is 0 Å². The van der Waals surface area contributed by atoms with Crippen molar-refractivity contribution >= 4 is 5.97 Å². The molecule has 0 radical (unpaired) electrons. The van der Waals surface area contributed by atoms with Crippen molar-refractivity contribution in [1.29, 1.82) is 0 Å². The molecule has 0 amide bonds. The Morgan fingerprint density at radius 1 is 1.50 bits per heavy atom. The summed E-state index contributed by atoms with van der Waals surface area (Å²) < 4.78 is 13.5. The zero-order valence-corrected chi connectivity index (χ0v) is 10.5. The fourth-order valence-electron chi connectivity index (χ4n) is 2.06. The molecule has 0 bridgehead atoms. The van der Waals surface area contributed by atoms with Gasteiger partial charge in [0.1, 0.15) is 5.82 Å². The number of carboxylic acids is 1. The van der Waals surface area contributed by atoms with Gasteiger partial charge in [-0.25, -0.2) is 9.18 Å². The van der Waals surface area contributed by atoms with E-state index >= 15 is 0 Å². The normalized spacial score (nSPS) is 15.1. The first-order valence-electron chi connectivity index (χ1n) is 6.34. The van der Waals surface area contributed by atoms with Crippen LogP contribution in [-0.4, -0.2) is 29.1 Å². The lowest BCUT2D eigenvalue weighted by atomic mass is 10.1. The van der Waals surface area contributed by atoms with Crippen LogP contribution in [0.4, 0.5) is 4.39 Å². The van der Waals surface area contributed by atoms with Gasteiger partial charge in [-0.05, 0) is 43.0 Å². The van der Waals surface area contributed by atoms with Gasteiger partial charge in [0.25, 0.3) is 0 Å². The highest BCUT2D eigenvalue weighted by Gasteiger charge is 2.23. The van der Waals surface area contributed by atoms with Crippen LogP contribution in [0.1, 0.15) is 35.7 Å². The van der Waals surface area contributed by atoms with Crippen LogP contribution >= 0.6 is 0 Å². The van der Waals surface area contributed by atoms with Crippen LogP contribution in [-0.2, 0) is 6.54 Å². The molecule has 1 fully saturated rings. The molecule has 1 aromatic rings. The number of hydrogen-bond acceptors (Lipinski definition) is 2. The van der Waals surface area contributed by atoms with Crippen LogP contribution in [0.25, 0.3) is 0 Å². The van der Waals surface area contributed by atoms with Gasteiger partial charge in [0.05, 0.1) is 5.56 Å². The van der Waals surface area contributed by atoms with E-state index in [1.165, 1.54) is 25.0 Å². The van der Waals surface area contributed by atoms with Gasteiger partial charge in [-0.2, -0.15) is 0 Å². The first-order chi connectivity index (χ1) is 8.60. The lowest BCUT2D eigenvalue weighted by Gasteiger charge is -2.20. The predicted molar refractivity (Wildman–Crippen MR) is 67.0 cm³/mol. The molecule has 1 aromatic carbocycles. The van der Waals surface area contributed by atoms with Crippen LogP contribution < -0.4 is 0 Å². The molecule has 4 heteroatoms. The Bertz CT molecular complexity index is 443. The van der Waals surface area contributed by atoms with Crippen molar-refractivity contribution in [3.8, 4) is 0 Å². The van der Waals surface area contributed by atoms with E-state index in [-0.39, 0.29) is 5.56 Å². The van der Waals surface area contributed by atoms with Crippen LogP contribution in [0.15, 0.2) is 18.2 Å². The molecule has 1 saturated carbocycles. The predicted octanol–water partition coefficient (Wildman–Crippen LogP) is 2.76. The molecule has 1 N–H and O–H groups in total. The largest absolute Gasteiger partial charge is 0.478 e. The van der Waals surface area contributed by atoms with E-state index in [0.29, 0.717) is 6.54 Å². The lowest BCUT2D eigenvalue weighted by molar-refractivity contribution is 0.0692. The van der Waals surface area contributed by atoms with Crippen LogP contribution in [0.3, 0.4) is 0 Å². The van der Waals surface area contributed by atoms with E-state index in [9.17, 15) is 9.18 Å². The van der Waals surface area contributed by atoms with Gasteiger partial charge >= 0.3 is 5.97 Å². The number of halogens is 1. The summed E-state index contributed by atoms with van der Waals surface area (Å²) in [4.78, 5) is 13.0. The van der Waals surface area contributed by atoms with Crippen molar-refractivity contribution < 1.29 is 14.3 Å². The molecule has 0 unspecified atom stereocenters. The SMILES string of the molecule is CCN(Cc1ccc(C(=O)O)c(F)c1)CC1CC1. The number of carbonyl (C=O) groups is 1. The Labute approximate surface area is 106 Å². The van der Waals surface area contributed by atoms with E-state index in [4.69, 9.17) is 5.11 Å². The molecule has 0 heterocycles. The van der Waals surface area contributed by atoms with Crippen LogP contribution in [0, 0.1) is 11.7 Å². The van der Waals surface area contributed by atoms with Crippen molar-refractivity contribution in [3.63, 3.8) is 0 Å². The molecular weight excluding hydrogens is 233 g/mol. The molecule has 0 aromatic heterocycles. The van der Waals surface area contributed by atoms with Gasteiger partial charge in [0.2, 0.25) is 0 Å². The summed E-state index contributed by atoms with van der Waals surface area (Å²) in [5.74, 6) is -1.07. The minimum Gasteiger partial charge on any atom is -0.478 e. The monoisotopic (exact) mass is 251 g/mol. The van der Waals surface area contributed by atoms with Crippen molar-refractivity contribution in [2.75, 3.05) is 13.1 Å². The van der Waals surface area contributed by atoms with E-state index in [1.807, 2.05) is 0 Å². The molecule has 98 valence electrons. The van der Waals surface area contributed by atoms with Gasteiger partial charge in [-0.15, -0.1) is 0 Å². The van der Waals surface area contributed by atoms with Crippen molar-refractivity contribution in [1.82, 2.24) is 4.90 Å². The second-order valence-electron chi connectivity index (χ2n) is 4.89. The highest BCUT2D eigenvalue weighted by molar-refractivity contribution is 5.87. The Hall–Kier alpha value is -1.42. The van der Waals surface area contributed by atoms with Gasteiger partial charge in [0, 0.05) is 13.1 Å². The quantitative estimate of drug-likeness (QED) is 0.845. The molecule has 18 heavy (non-hydrogen) atoms. The Balaban J connectivity index is 2.03. The Morgan fingerprint density at radius 3 is 2.72 bits per heavy atom. The maximum Gasteiger partial charge on any atom is 0.338 e. The molecule has 0 aliphatic heterocycles. The highest BCUT2D eigenvalue weighted by atomic mass is 19.1. The standard InChI is InChI=1S/C14H18FNO2/c1-2-16(8-10-3-4-10)9-11-5-6-12(14(17)18)13(15)7-11/h5-7,10H,2-4,8-9H2,1H3,(H,17,18). The summed E-state index contributed by atoms with van der Waals surface area (Å²) in [6.07, 6.45) is 2.59. The third-order valence-electron chi connectivity index (χ3n) is 3.33. The summed E-state index contributed by atoms with van der Waals surface area (Å²) >= 11 is 0. The molecular formula is C14H18FNO2. The topological polar surface area (TPSA) is 40.5 Å². The summed E-state index contributed by atoms with van der Waals surface area (Å²) in [5, 5.41) is 8.76. The summed E-state index contributed by atoms with van der Waals surface area (Å²) in [6, 6.07) is 4.37. The maximum atomic E-state index is 13.5. The molecule has 1 aliphatic rings. The van der Waals surface area contributed by atoms with Gasteiger partial charge < -0.3 is 5.11 Å². The van der Waals surface area contributed by atoms with E-state index < -0.39 is 11.8 Å². The van der Waals surface area contributed by atoms with Gasteiger partial charge in [-0.3, -0.25) is 4.90 Å². The number of carboxylic acid groups (broad SMARTS) is 1. The van der Waals surface area contributed by atoms with Crippen LogP contribution in [0.5, 0.6) is 0 Å². The number of nitrogens with zero attached hydrogens (tertiary/aromatic N) is 1. The zero-order chi connectivity index (χ0) is 13.1. The Kier molecular flexibility index (Phi) is 3.97. The fraction of sp³-hybridized carbons (Fsp3) is 0.500. The van der Waals surface area contributed by atoms with Crippen LogP contribution in [0.2, 0.25) is 0 Å². The Morgan fingerprint density at radius 2 is 2.22 bits per heavy atom. The molecule has 1 aliphatic carbocycles. The minimum absolute atomic E-state index is 0.260. The second-order valence-corrected chi connectivity index (χ2v) is 4.89. The third kappa shape index (κ3) is 3.29. The lowest BCUT2D eigenvalue weighted by Crippen LogP contribution is -2.25. The molecule has 0 saturated heterocycles. The summed E-state index contributed by atoms with van der Waals surface area (Å²) in [7, 11) is 0. The first kappa shape index (κ1) is 13.0. The van der Waals surface area contributed by atoms with Gasteiger partial charge in [-0.1, -0.05) is 13.0 Å². The second kappa shape index (κ2) is 5.48. The smallest absolute Gasteiger partial charge is 0.338 e. The maximum absolute atomic E-state index is 13.5. The van der Waals surface area contributed by atoms with Crippen molar-refractivity contribution in [2.24, 2.45) is 5.92 Å². The summed E-state index contributed by atoms with van der Waals surface area (Å²) in [6.45, 7) is 4.76. The number of benzene rings is 1. The summed E-state index contributed by atoms with van der Waals surface area (Å²) in [5.41, 5.74) is 0.573. The van der Waals surface area contributed by atoms with Crippen molar-refractivity contribution in [3.05, 3.63) is 35.1 Å². The van der Waals surface area contributed by atoms with Crippen molar-refractivity contribution in [2.45, 2.75) is 26.3 Å². The molecule has 0 spiro atoms. The third-order valence-corrected chi connectivity index (χ3v) is 3.33. The molecule has 2 rings (SSSR count). The van der Waals surface area contributed by atoms with E-state index in [1.54, 1.807) is 6.07 Å². The number of hydrogen-bond donors (Lipinski definition) is 1. The molecule has 3 nitrogen and oxygen atoms in total. The van der Waals surface area contributed by atoms with E-state index in [2.05, 4.69) is 11.8 Å². The first-order valence-corrected chi connectivity index (χ1v) is 6.34. The number of aromatic carboxylic acids is 1. The average Bonchev–Trinajstić information content (AvgIpc) is 3.11. The fourth-order valence-corrected chi connectivity index (χ4v) is 2.06. The zero-order valence-electron chi connectivity index (χ0n) is 10.5. The number of rotatable bonds is 6. The minimum atomic E-state index is -1.22. The van der Waals surface area contributed by atoms with E-state index in [0.717, 1.165) is 24.6 Å².